The summed E-state index contributed by atoms with van der Waals surface area (Å²) in [7, 11) is 0. The van der Waals surface area contributed by atoms with Gasteiger partial charge >= 0.3 is 6.16 Å². The van der Waals surface area contributed by atoms with E-state index in [0.29, 0.717) is 12.8 Å². The Bertz CT molecular complexity index is 718. The van der Waals surface area contributed by atoms with E-state index in [1.807, 2.05) is 27.7 Å². The van der Waals surface area contributed by atoms with Crippen LogP contribution in [0.5, 0.6) is 0 Å². The Morgan fingerprint density at radius 1 is 0.633 bits per heavy atom. The molecule has 0 fully saturated rings. The molecule has 0 spiro atoms. The Morgan fingerprint density at radius 3 is 1.23 bits per heavy atom. The summed E-state index contributed by atoms with van der Waals surface area (Å²) in [5, 5.41) is 0. The molecular formula is C27H38O3. The molecule has 0 aliphatic rings. The molecule has 0 N–H and O–H groups in total. The van der Waals surface area contributed by atoms with E-state index < -0.39 is 17.4 Å². The largest absolute Gasteiger partial charge is 0.509 e. The first kappa shape index (κ1) is 24.0. The van der Waals surface area contributed by atoms with Crippen LogP contribution >= 0.6 is 0 Å². The fourth-order valence-corrected chi connectivity index (χ4v) is 3.75. The third-order valence-corrected chi connectivity index (χ3v) is 5.10. The molecule has 0 amide bonds. The zero-order chi connectivity index (χ0) is 22.2. The number of carbonyl (C=O) groups excluding carboxylic acids is 1. The molecule has 2 aromatic carbocycles. The molecule has 3 nitrogen and oxygen atoms in total. The van der Waals surface area contributed by atoms with Crippen molar-refractivity contribution in [3.05, 3.63) is 70.8 Å². The molecule has 2 aromatic rings. The van der Waals surface area contributed by atoms with E-state index in [0.717, 1.165) is 36.8 Å². The van der Waals surface area contributed by atoms with Gasteiger partial charge in [-0.2, -0.15) is 0 Å². The van der Waals surface area contributed by atoms with Crippen molar-refractivity contribution in [1.82, 2.24) is 0 Å². The normalized spacial score (nSPS) is 11.9. The minimum absolute atomic E-state index is 0.616. The van der Waals surface area contributed by atoms with Crippen molar-refractivity contribution >= 4 is 6.16 Å². The summed E-state index contributed by atoms with van der Waals surface area (Å²) in [6, 6.07) is 17.1. The highest BCUT2D eigenvalue weighted by molar-refractivity contribution is 5.61. The van der Waals surface area contributed by atoms with Crippen LogP contribution in [0.15, 0.2) is 48.5 Å². The molecule has 2 rings (SSSR count). The van der Waals surface area contributed by atoms with Crippen LogP contribution in [0.4, 0.5) is 4.79 Å². The minimum Gasteiger partial charge on any atom is -0.428 e. The fraction of sp³-hybridized carbons (Fsp3) is 0.519. The Balaban J connectivity index is 1.90. The quantitative estimate of drug-likeness (QED) is 0.392. The van der Waals surface area contributed by atoms with Gasteiger partial charge in [-0.3, -0.25) is 0 Å². The predicted molar refractivity (Wildman–Crippen MR) is 124 cm³/mol. The average Bonchev–Trinajstić information content (AvgIpc) is 2.64. The third-order valence-electron chi connectivity index (χ3n) is 5.10. The molecule has 0 saturated carbocycles. The SMILES string of the molecule is CCCc1ccc(CC(C)(C)OC(=O)OC(C)(C)Cc2ccc(CCC)cc2)cc1. The van der Waals surface area contributed by atoms with Crippen molar-refractivity contribution < 1.29 is 14.3 Å². The lowest BCUT2D eigenvalue weighted by molar-refractivity contribution is -0.0582. The van der Waals surface area contributed by atoms with E-state index in [4.69, 9.17) is 9.47 Å². The molecule has 0 unspecified atom stereocenters. The molecular weight excluding hydrogens is 372 g/mol. The van der Waals surface area contributed by atoms with Crippen LogP contribution in [0.1, 0.15) is 76.6 Å². The Morgan fingerprint density at radius 2 is 0.933 bits per heavy atom. The summed E-state index contributed by atoms with van der Waals surface area (Å²) < 4.78 is 11.4. The maximum Gasteiger partial charge on any atom is 0.509 e. The standard InChI is InChI=1S/C27H38O3/c1-7-9-21-11-15-23(16-12-21)19-26(3,4)29-25(28)30-27(5,6)20-24-17-13-22(10-8-2)14-18-24/h11-18H,7-10,19-20H2,1-6H3. The van der Waals surface area contributed by atoms with Crippen LogP contribution in [-0.2, 0) is 35.2 Å². The van der Waals surface area contributed by atoms with Gasteiger partial charge in [0.1, 0.15) is 11.2 Å². The van der Waals surface area contributed by atoms with Gasteiger partial charge in [0.2, 0.25) is 0 Å². The number of hydrogen-bond acceptors (Lipinski definition) is 3. The van der Waals surface area contributed by atoms with Crippen LogP contribution in [0.2, 0.25) is 0 Å². The van der Waals surface area contributed by atoms with Gasteiger partial charge in [-0.15, -0.1) is 0 Å². The van der Waals surface area contributed by atoms with Crippen molar-refractivity contribution in [2.75, 3.05) is 0 Å². The number of benzene rings is 2. The van der Waals surface area contributed by atoms with E-state index in [1.54, 1.807) is 0 Å². The first-order chi connectivity index (χ1) is 14.1. The molecule has 164 valence electrons. The van der Waals surface area contributed by atoms with Crippen molar-refractivity contribution in [3.63, 3.8) is 0 Å². The fourth-order valence-electron chi connectivity index (χ4n) is 3.75. The van der Waals surface area contributed by atoms with Gasteiger partial charge in [0, 0.05) is 12.8 Å². The lowest BCUT2D eigenvalue weighted by atomic mass is 9.96. The number of rotatable bonds is 10. The van der Waals surface area contributed by atoms with Crippen LogP contribution in [0, 0.1) is 0 Å². The average molecular weight is 411 g/mol. The molecule has 0 atom stereocenters. The molecule has 0 aliphatic carbocycles. The van der Waals surface area contributed by atoms with E-state index in [2.05, 4.69) is 62.4 Å². The minimum atomic E-state index is -0.638. The zero-order valence-electron chi connectivity index (χ0n) is 19.6. The molecule has 3 heteroatoms. The van der Waals surface area contributed by atoms with E-state index in [9.17, 15) is 4.79 Å². The van der Waals surface area contributed by atoms with Crippen molar-refractivity contribution in [3.8, 4) is 0 Å². The highest BCUT2D eigenvalue weighted by atomic mass is 16.7. The first-order valence-corrected chi connectivity index (χ1v) is 11.2. The molecule has 0 aliphatic heterocycles. The van der Waals surface area contributed by atoms with Gasteiger partial charge in [-0.25, -0.2) is 4.79 Å². The summed E-state index contributed by atoms with van der Waals surface area (Å²) in [6.07, 6.45) is 5.12. The lowest BCUT2D eigenvalue weighted by Crippen LogP contribution is -2.36. The van der Waals surface area contributed by atoms with Crippen molar-refractivity contribution in [1.29, 1.82) is 0 Å². The number of hydrogen-bond donors (Lipinski definition) is 0. The monoisotopic (exact) mass is 410 g/mol. The lowest BCUT2D eigenvalue weighted by Gasteiger charge is -2.29. The Kier molecular flexibility index (Phi) is 8.52. The molecule has 0 heterocycles. The second kappa shape index (κ2) is 10.7. The highest BCUT2D eigenvalue weighted by Crippen LogP contribution is 2.23. The maximum absolute atomic E-state index is 12.5. The summed E-state index contributed by atoms with van der Waals surface area (Å²) in [5.41, 5.74) is 3.70. The van der Waals surface area contributed by atoms with E-state index in [1.165, 1.54) is 11.1 Å². The number of aryl methyl sites for hydroxylation is 2. The van der Waals surface area contributed by atoms with Crippen LogP contribution in [0.25, 0.3) is 0 Å². The molecule has 0 radical (unpaired) electrons. The zero-order valence-corrected chi connectivity index (χ0v) is 19.6. The Hall–Kier alpha value is -2.29. The van der Waals surface area contributed by atoms with Gasteiger partial charge in [0.25, 0.3) is 0 Å². The first-order valence-electron chi connectivity index (χ1n) is 11.2. The summed E-state index contributed by atoms with van der Waals surface area (Å²) in [4.78, 5) is 12.5. The summed E-state index contributed by atoms with van der Waals surface area (Å²) >= 11 is 0. The Labute approximate surface area is 182 Å². The van der Waals surface area contributed by atoms with Crippen LogP contribution in [-0.4, -0.2) is 17.4 Å². The number of carbonyl (C=O) groups is 1. The van der Waals surface area contributed by atoms with E-state index in [-0.39, 0.29) is 0 Å². The van der Waals surface area contributed by atoms with Crippen molar-refractivity contribution in [2.24, 2.45) is 0 Å². The van der Waals surface area contributed by atoms with Gasteiger partial charge in [0.15, 0.2) is 0 Å². The molecule has 0 bridgehead atoms. The second-order valence-electron chi connectivity index (χ2n) is 9.46. The topological polar surface area (TPSA) is 35.5 Å². The maximum atomic E-state index is 12.5. The van der Waals surface area contributed by atoms with Crippen LogP contribution < -0.4 is 0 Å². The molecule has 0 saturated heterocycles. The summed E-state index contributed by atoms with van der Waals surface area (Å²) in [6.45, 7) is 12.1. The predicted octanol–water partition coefficient (Wildman–Crippen LogP) is 7.09. The smallest absolute Gasteiger partial charge is 0.428 e. The van der Waals surface area contributed by atoms with Gasteiger partial charge in [-0.05, 0) is 62.8 Å². The molecule has 30 heavy (non-hydrogen) atoms. The van der Waals surface area contributed by atoms with Gasteiger partial charge < -0.3 is 9.47 Å². The van der Waals surface area contributed by atoms with Gasteiger partial charge in [-0.1, -0.05) is 75.2 Å². The van der Waals surface area contributed by atoms with Gasteiger partial charge in [0.05, 0.1) is 0 Å². The highest BCUT2D eigenvalue weighted by Gasteiger charge is 2.29. The van der Waals surface area contributed by atoms with Crippen LogP contribution in [0.3, 0.4) is 0 Å². The number of ether oxygens (including phenoxy) is 2. The van der Waals surface area contributed by atoms with Crippen molar-refractivity contribution in [2.45, 2.75) is 91.3 Å². The third kappa shape index (κ3) is 8.22. The molecule has 0 aromatic heterocycles. The second-order valence-corrected chi connectivity index (χ2v) is 9.46. The summed E-state index contributed by atoms with van der Waals surface area (Å²) in [5.74, 6) is 0. The van der Waals surface area contributed by atoms with E-state index >= 15 is 0 Å².